The Morgan fingerprint density at radius 3 is 2.19 bits per heavy atom. The van der Waals surface area contributed by atoms with Crippen LogP contribution < -0.4 is 0 Å². The van der Waals surface area contributed by atoms with Crippen molar-refractivity contribution in [1.29, 1.82) is 0 Å². The third-order valence-electron chi connectivity index (χ3n) is 7.54. The second-order valence-electron chi connectivity index (χ2n) is 12.2. The molecule has 0 saturated carbocycles. The summed E-state index contributed by atoms with van der Waals surface area (Å²) in [5.41, 5.74) is 3.09. The van der Waals surface area contributed by atoms with Gasteiger partial charge in [0.2, 0.25) is 0 Å². The van der Waals surface area contributed by atoms with Gasteiger partial charge in [0, 0.05) is 18.6 Å². The number of piperidine rings is 1. The molecule has 1 atom stereocenters. The number of hydrogen-bond acceptors (Lipinski definition) is 2. The van der Waals surface area contributed by atoms with Gasteiger partial charge in [-0.25, -0.2) is 0 Å². The van der Waals surface area contributed by atoms with Gasteiger partial charge in [-0.3, -0.25) is 4.90 Å². The number of nitrogens with zero attached hydrogens (tertiary/aromatic N) is 2. The topological polar surface area (TPSA) is 6.48 Å². The van der Waals surface area contributed by atoms with Crippen molar-refractivity contribution in [2.24, 2.45) is 22.2 Å². The van der Waals surface area contributed by atoms with Crippen molar-refractivity contribution >= 4 is 0 Å². The van der Waals surface area contributed by atoms with E-state index in [1.54, 1.807) is 5.57 Å². The molecule has 0 aromatic carbocycles. The monoisotopic (exact) mass is 362 g/mol. The largest absolute Gasteiger partial charge is 0.303 e. The Morgan fingerprint density at radius 1 is 1.08 bits per heavy atom. The lowest BCUT2D eigenvalue weighted by atomic mass is 9.62. The van der Waals surface area contributed by atoms with E-state index >= 15 is 0 Å². The highest BCUT2D eigenvalue weighted by atomic mass is 15.2. The number of hydrogen-bond donors (Lipinski definition) is 0. The summed E-state index contributed by atoms with van der Waals surface area (Å²) in [7, 11) is 2.25. The first-order valence-electron chi connectivity index (χ1n) is 10.8. The third-order valence-corrected chi connectivity index (χ3v) is 7.54. The molecule has 2 aliphatic heterocycles. The van der Waals surface area contributed by atoms with Gasteiger partial charge in [-0.15, -0.1) is 0 Å². The van der Waals surface area contributed by atoms with Crippen molar-refractivity contribution in [3.8, 4) is 0 Å². The van der Waals surface area contributed by atoms with Crippen LogP contribution in [0.4, 0.5) is 0 Å². The van der Waals surface area contributed by atoms with Crippen LogP contribution in [-0.2, 0) is 0 Å². The Hall–Kier alpha value is -0.340. The van der Waals surface area contributed by atoms with Gasteiger partial charge in [0.25, 0.3) is 0 Å². The van der Waals surface area contributed by atoms with E-state index in [-0.39, 0.29) is 5.54 Å². The number of likely N-dealkylation sites (N-methyl/N-ethyl adjacent to an activating group) is 1. The zero-order valence-corrected chi connectivity index (χ0v) is 19.5. The van der Waals surface area contributed by atoms with E-state index in [1.807, 2.05) is 0 Å². The van der Waals surface area contributed by atoms with Crippen LogP contribution >= 0.6 is 0 Å². The minimum Gasteiger partial charge on any atom is -0.303 e. The highest BCUT2D eigenvalue weighted by Gasteiger charge is 2.42. The second-order valence-corrected chi connectivity index (χ2v) is 12.2. The van der Waals surface area contributed by atoms with Gasteiger partial charge in [-0.1, -0.05) is 60.1 Å². The zero-order valence-electron chi connectivity index (χ0n) is 19.5. The molecular formula is C24H46N2. The van der Waals surface area contributed by atoms with Crippen molar-refractivity contribution in [3.05, 3.63) is 11.6 Å². The van der Waals surface area contributed by atoms with Crippen LogP contribution in [0.25, 0.3) is 0 Å². The molecule has 2 nitrogen and oxygen atoms in total. The first-order valence-corrected chi connectivity index (χ1v) is 10.8. The fraction of sp³-hybridized carbons (Fsp3) is 0.917. The molecule has 2 aliphatic rings. The van der Waals surface area contributed by atoms with Crippen LogP contribution in [0.1, 0.15) is 81.6 Å². The molecule has 0 amide bonds. The molecule has 1 saturated heterocycles. The highest BCUT2D eigenvalue weighted by molar-refractivity contribution is 5.20. The normalized spacial score (nSPS) is 28.1. The average Bonchev–Trinajstić information content (AvgIpc) is 2.45. The van der Waals surface area contributed by atoms with Gasteiger partial charge < -0.3 is 4.90 Å². The van der Waals surface area contributed by atoms with Gasteiger partial charge in [0.05, 0.1) is 0 Å². The number of likely N-dealkylation sites (tertiary alicyclic amines) is 1. The maximum Gasteiger partial charge on any atom is 0.0190 e. The molecule has 0 spiro atoms. The van der Waals surface area contributed by atoms with Crippen LogP contribution in [0.5, 0.6) is 0 Å². The van der Waals surface area contributed by atoms with Gasteiger partial charge >= 0.3 is 0 Å². The fourth-order valence-electron chi connectivity index (χ4n) is 5.55. The first kappa shape index (κ1) is 22.0. The molecular weight excluding hydrogens is 316 g/mol. The van der Waals surface area contributed by atoms with Crippen molar-refractivity contribution in [2.45, 2.75) is 87.1 Å². The first-order chi connectivity index (χ1) is 11.7. The average molecular weight is 363 g/mol. The predicted molar refractivity (Wildman–Crippen MR) is 116 cm³/mol. The zero-order chi connectivity index (χ0) is 20.0. The summed E-state index contributed by atoms with van der Waals surface area (Å²) in [6.07, 6.45) is 6.32. The Bertz CT molecular complexity index is 519. The van der Waals surface area contributed by atoms with Crippen LogP contribution in [0.15, 0.2) is 11.6 Å². The van der Waals surface area contributed by atoms with Crippen molar-refractivity contribution in [3.63, 3.8) is 0 Å². The molecule has 2 rings (SSSR count). The Kier molecular flexibility index (Phi) is 6.12. The van der Waals surface area contributed by atoms with E-state index < -0.39 is 0 Å². The molecule has 0 N–H and O–H groups in total. The summed E-state index contributed by atoms with van der Waals surface area (Å²) in [4.78, 5) is 5.22. The predicted octanol–water partition coefficient (Wildman–Crippen LogP) is 5.84. The molecule has 0 aromatic heterocycles. The molecule has 0 aromatic rings. The highest BCUT2D eigenvalue weighted by Crippen LogP contribution is 2.46. The summed E-state index contributed by atoms with van der Waals surface area (Å²) < 4.78 is 0. The van der Waals surface area contributed by atoms with Crippen molar-refractivity contribution < 1.29 is 0 Å². The van der Waals surface area contributed by atoms with Crippen LogP contribution in [0.3, 0.4) is 0 Å². The van der Waals surface area contributed by atoms with E-state index in [9.17, 15) is 0 Å². The molecule has 0 radical (unpaired) electrons. The summed E-state index contributed by atoms with van der Waals surface area (Å²) in [6.45, 7) is 26.8. The second kappa shape index (κ2) is 7.24. The Labute approximate surface area is 164 Å². The van der Waals surface area contributed by atoms with Gasteiger partial charge in [0.1, 0.15) is 0 Å². The lowest BCUT2D eigenvalue weighted by molar-refractivity contribution is -0.00879. The van der Waals surface area contributed by atoms with E-state index in [2.05, 4.69) is 85.2 Å². The SMILES string of the molecule is CN1CC=C(C(C)(C)CCN2CCC(C(C)(C)C)C(C)(C)C2)CC1(C)C. The minimum atomic E-state index is 0.286. The fourth-order valence-corrected chi connectivity index (χ4v) is 5.55. The molecule has 1 fully saturated rings. The van der Waals surface area contributed by atoms with Crippen molar-refractivity contribution in [2.75, 3.05) is 33.2 Å². The van der Waals surface area contributed by atoms with Crippen LogP contribution in [-0.4, -0.2) is 48.6 Å². The third kappa shape index (κ3) is 4.93. The van der Waals surface area contributed by atoms with E-state index in [4.69, 9.17) is 0 Å². The molecule has 0 bridgehead atoms. The number of rotatable bonds is 4. The quantitative estimate of drug-likeness (QED) is 0.580. The van der Waals surface area contributed by atoms with Gasteiger partial charge in [-0.2, -0.15) is 0 Å². The molecule has 1 unspecified atom stereocenters. The lowest BCUT2D eigenvalue weighted by Gasteiger charge is -2.50. The van der Waals surface area contributed by atoms with Crippen LogP contribution in [0.2, 0.25) is 0 Å². The molecule has 0 aliphatic carbocycles. The molecule has 2 heteroatoms. The smallest absolute Gasteiger partial charge is 0.0190 e. The van der Waals surface area contributed by atoms with Gasteiger partial charge in [0.15, 0.2) is 0 Å². The minimum absolute atomic E-state index is 0.286. The molecule has 26 heavy (non-hydrogen) atoms. The standard InChI is InChI=1S/C24H46N2/c1-21(2,3)20-12-15-26(18-23(20,6)7)16-13-22(4,5)19-11-14-25(10)24(8,9)17-19/h11,20H,12-18H2,1-10H3. The molecule has 152 valence electrons. The Balaban J connectivity index is 1.97. The van der Waals surface area contributed by atoms with Crippen molar-refractivity contribution in [1.82, 2.24) is 9.80 Å². The van der Waals surface area contributed by atoms with E-state index in [0.29, 0.717) is 16.2 Å². The maximum atomic E-state index is 2.74. The summed E-state index contributed by atoms with van der Waals surface area (Å²) >= 11 is 0. The van der Waals surface area contributed by atoms with E-state index in [1.165, 1.54) is 38.9 Å². The lowest BCUT2D eigenvalue weighted by Crippen LogP contribution is -2.50. The van der Waals surface area contributed by atoms with Gasteiger partial charge in [-0.05, 0) is 75.4 Å². The molecule has 2 heterocycles. The summed E-state index contributed by atoms with van der Waals surface area (Å²) in [5.74, 6) is 0.816. The summed E-state index contributed by atoms with van der Waals surface area (Å²) in [6, 6.07) is 0. The van der Waals surface area contributed by atoms with Crippen LogP contribution in [0, 0.1) is 22.2 Å². The Morgan fingerprint density at radius 2 is 1.69 bits per heavy atom. The van der Waals surface area contributed by atoms with E-state index in [0.717, 1.165) is 12.5 Å². The maximum absolute atomic E-state index is 2.74. The summed E-state index contributed by atoms with van der Waals surface area (Å²) in [5, 5.41) is 0.